The van der Waals surface area contributed by atoms with Crippen LogP contribution in [0.25, 0.3) is 0 Å². The number of rotatable bonds is 16. The molecule has 0 unspecified atom stereocenters. The first-order valence-corrected chi connectivity index (χ1v) is 19.1. The van der Waals surface area contributed by atoms with Crippen molar-refractivity contribution in [1.29, 1.82) is 0 Å². The Morgan fingerprint density at radius 1 is 0.963 bits per heavy atom. The van der Waals surface area contributed by atoms with Gasteiger partial charge in [-0.05, 0) is 43.4 Å². The minimum atomic E-state index is -1.19. The fraction of sp³-hybridized carbons (Fsp3) is 0.615. The van der Waals surface area contributed by atoms with E-state index in [-0.39, 0.29) is 43.0 Å². The number of hydrogen-bond acceptors (Lipinski definition) is 9. The van der Waals surface area contributed by atoms with E-state index in [1.54, 1.807) is 18.6 Å². The molecule has 1 aromatic heterocycles. The Hall–Kier alpha value is -4.53. The van der Waals surface area contributed by atoms with Gasteiger partial charge in [0.15, 0.2) is 0 Å². The van der Waals surface area contributed by atoms with Gasteiger partial charge in [0.25, 0.3) is 5.91 Å². The number of nitrogens with one attached hydrogen (secondary N) is 4. The number of halogens is 2. The summed E-state index contributed by atoms with van der Waals surface area (Å²) in [6.45, 7) is 7.38. The molecule has 5 rings (SSSR count). The molecule has 54 heavy (non-hydrogen) atoms. The van der Waals surface area contributed by atoms with E-state index in [1.807, 2.05) is 27.7 Å². The zero-order chi connectivity index (χ0) is 39.0. The Labute approximate surface area is 315 Å². The van der Waals surface area contributed by atoms with Crippen molar-refractivity contribution < 1.29 is 37.5 Å². The van der Waals surface area contributed by atoms with Crippen LogP contribution in [0.3, 0.4) is 0 Å². The summed E-state index contributed by atoms with van der Waals surface area (Å²) in [5.41, 5.74) is -0.170. The molecule has 2 aliphatic carbocycles. The molecule has 4 amide bonds. The molecule has 2 heterocycles. The smallest absolute Gasteiger partial charge is 0.289 e. The van der Waals surface area contributed by atoms with Crippen molar-refractivity contribution in [3.05, 3.63) is 54.1 Å². The van der Waals surface area contributed by atoms with Crippen molar-refractivity contribution in [2.45, 2.75) is 135 Å². The molecule has 3 aliphatic rings. The van der Waals surface area contributed by atoms with Crippen LogP contribution in [-0.4, -0.2) is 87.1 Å². The molecule has 4 N–H and O–H groups in total. The SMILES string of the molecule is CCC[C@H](NC(=O)[C@@H]1C[C@@H](Oc2cc(F)cc(F)c2)CN1C(=O)[C@@H](NC(=O)[C@@H](NCc1cnccn1)C1CCCCC1)C(C)(C)C)C(=O)C(=O)NC1CC1. The monoisotopic (exact) mass is 753 g/mol. The lowest BCUT2D eigenvalue weighted by molar-refractivity contribution is -0.145. The summed E-state index contributed by atoms with van der Waals surface area (Å²) in [7, 11) is 0. The minimum absolute atomic E-state index is 0.0195. The second-order valence-corrected chi connectivity index (χ2v) is 15.8. The predicted octanol–water partition coefficient (Wildman–Crippen LogP) is 3.51. The predicted molar refractivity (Wildman–Crippen MR) is 195 cm³/mol. The van der Waals surface area contributed by atoms with Gasteiger partial charge >= 0.3 is 0 Å². The Bertz CT molecular complexity index is 1630. The first-order valence-electron chi connectivity index (χ1n) is 19.1. The third-order valence-corrected chi connectivity index (χ3v) is 10.3. The molecule has 294 valence electrons. The van der Waals surface area contributed by atoms with Crippen molar-refractivity contribution in [3.8, 4) is 5.75 Å². The number of ether oxygens (including phenoxy) is 1. The Balaban J connectivity index is 1.39. The summed E-state index contributed by atoms with van der Waals surface area (Å²) in [6.07, 6.45) is 10.8. The van der Waals surface area contributed by atoms with E-state index in [4.69, 9.17) is 4.74 Å². The fourth-order valence-electron chi connectivity index (χ4n) is 7.26. The maximum atomic E-state index is 14.7. The van der Waals surface area contributed by atoms with E-state index in [1.165, 1.54) is 4.90 Å². The van der Waals surface area contributed by atoms with Crippen LogP contribution >= 0.6 is 0 Å². The molecule has 3 fully saturated rings. The molecule has 1 aliphatic heterocycles. The van der Waals surface area contributed by atoms with Gasteiger partial charge in [-0.15, -0.1) is 0 Å². The largest absolute Gasteiger partial charge is 0.488 e. The standard InChI is InChI=1S/C39H53F2N7O6/c1-5-9-30(33(49)37(52)45-26-12-13-26)46-35(50)31-19-29(54-28-17-24(40)16-25(41)18-28)22-48(31)38(53)34(39(2,3)4)47-36(51)32(23-10-7-6-8-11-23)44-21-27-20-42-14-15-43-27/h14-18,20,23,26,29-32,34,44H,5-13,19,21-22H2,1-4H3,(H,45,52)(H,46,50)(H,47,51)/t29-,30+,31+,32+,34-/m1/s1. The average Bonchev–Trinajstić information content (AvgIpc) is 3.85. The van der Waals surface area contributed by atoms with Gasteiger partial charge in [-0.1, -0.05) is 53.4 Å². The number of nitrogens with zero attached hydrogens (tertiary/aromatic N) is 3. The topological polar surface area (TPSA) is 172 Å². The molecule has 2 aromatic rings. The lowest BCUT2D eigenvalue weighted by Crippen LogP contribution is -2.61. The first kappa shape index (κ1) is 40.7. The van der Waals surface area contributed by atoms with E-state index in [0.717, 1.165) is 57.1 Å². The van der Waals surface area contributed by atoms with E-state index in [2.05, 4.69) is 31.2 Å². The second-order valence-electron chi connectivity index (χ2n) is 15.8. The van der Waals surface area contributed by atoms with Gasteiger partial charge in [-0.2, -0.15) is 0 Å². The van der Waals surface area contributed by atoms with Crippen LogP contribution in [0.5, 0.6) is 5.75 Å². The molecule has 1 saturated heterocycles. The zero-order valence-corrected chi connectivity index (χ0v) is 31.5. The maximum absolute atomic E-state index is 14.7. The molecule has 0 bridgehead atoms. The quantitative estimate of drug-likeness (QED) is 0.187. The summed E-state index contributed by atoms with van der Waals surface area (Å²) >= 11 is 0. The molecule has 2 saturated carbocycles. The highest BCUT2D eigenvalue weighted by molar-refractivity contribution is 6.38. The minimum Gasteiger partial charge on any atom is -0.488 e. The lowest BCUT2D eigenvalue weighted by atomic mass is 9.82. The van der Waals surface area contributed by atoms with Crippen molar-refractivity contribution >= 4 is 29.4 Å². The lowest BCUT2D eigenvalue weighted by Gasteiger charge is -2.37. The Morgan fingerprint density at radius 2 is 1.67 bits per heavy atom. The molecule has 1 aromatic carbocycles. The number of Topliss-reactive ketones (excluding diaryl/α,β-unsaturated/α-hetero) is 1. The number of benzene rings is 1. The van der Waals surface area contributed by atoms with Crippen LogP contribution in [0.15, 0.2) is 36.8 Å². The van der Waals surface area contributed by atoms with Crippen LogP contribution < -0.4 is 26.0 Å². The van der Waals surface area contributed by atoms with Crippen molar-refractivity contribution in [1.82, 2.24) is 36.1 Å². The van der Waals surface area contributed by atoms with Crippen LogP contribution in [0.2, 0.25) is 0 Å². The van der Waals surface area contributed by atoms with Gasteiger partial charge in [0, 0.05) is 55.8 Å². The van der Waals surface area contributed by atoms with Crippen molar-refractivity contribution in [2.75, 3.05) is 6.54 Å². The van der Waals surface area contributed by atoms with E-state index in [9.17, 15) is 32.8 Å². The molecule has 0 radical (unpaired) electrons. The van der Waals surface area contributed by atoms with Crippen LogP contribution in [0.4, 0.5) is 8.78 Å². The highest BCUT2D eigenvalue weighted by Gasteiger charge is 2.47. The summed E-state index contributed by atoms with van der Waals surface area (Å²) in [4.78, 5) is 78.6. The third kappa shape index (κ3) is 11.0. The summed E-state index contributed by atoms with van der Waals surface area (Å²) in [5.74, 6) is -4.97. The summed E-state index contributed by atoms with van der Waals surface area (Å²) < 4.78 is 34.1. The highest BCUT2D eigenvalue weighted by atomic mass is 19.1. The van der Waals surface area contributed by atoms with Crippen LogP contribution in [-0.2, 0) is 30.5 Å². The fourth-order valence-corrected chi connectivity index (χ4v) is 7.26. The van der Waals surface area contributed by atoms with Crippen molar-refractivity contribution in [2.24, 2.45) is 11.3 Å². The Morgan fingerprint density at radius 3 is 2.28 bits per heavy atom. The number of likely N-dealkylation sites (tertiary alicyclic amines) is 1. The van der Waals surface area contributed by atoms with Crippen molar-refractivity contribution in [3.63, 3.8) is 0 Å². The van der Waals surface area contributed by atoms with Gasteiger partial charge in [0.05, 0.1) is 24.3 Å². The van der Waals surface area contributed by atoms with Gasteiger partial charge in [0.2, 0.25) is 23.5 Å². The number of aromatic nitrogens is 2. The average molecular weight is 754 g/mol. The number of carbonyl (C=O) groups excluding carboxylic acids is 5. The highest BCUT2D eigenvalue weighted by Crippen LogP contribution is 2.31. The number of carbonyl (C=O) groups is 5. The third-order valence-electron chi connectivity index (χ3n) is 10.3. The van der Waals surface area contributed by atoms with Gasteiger partial charge < -0.3 is 25.6 Å². The van der Waals surface area contributed by atoms with E-state index >= 15 is 0 Å². The molecular weight excluding hydrogens is 700 g/mol. The van der Waals surface area contributed by atoms with Gasteiger partial charge in [-0.25, -0.2) is 8.78 Å². The second kappa shape index (κ2) is 18.2. The van der Waals surface area contributed by atoms with Gasteiger partial charge in [-0.3, -0.25) is 39.3 Å². The zero-order valence-electron chi connectivity index (χ0n) is 31.5. The molecule has 0 spiro atoms. The van der Waals surface area contributed by atoms with E-state index in [0.29, 0.717) is 24.7 Å². The van der Waals surface area contributed by atoms with E-state index < -0.39 is 70.8 Å². The maximum Gasteiger partial charge on any atom is 0.289 e. The number of ketones is 1. The van der Waals surface area contributed by atoms with Gasteiger partial charge in [0.1, 0.15) is 35.6 Å². The molecular formula is C39H53F2N7O6. The van der Waals surface area contributed by atoms with Crippen LogP contribution in [0, 0.1) is 23.0 Å². The summed E-state index contributed by atoms with van der Waals surface area (Å²) in [5, 5.41) is 11.8. The number of amides is 4. The normalized spacial score (nSPS) is 20.7. The Kier molecular flexibility index (Phi) is 13.7. The first-order chi connectivity index (χ1) is 25.7. The molecule has 15 heteroatoms. The molecule has 13 nitrogen and oxygen atoms in total. The number of hydrogen-bond donors (Lipinski definition) is 4. The van der Waals surface area contributed by atoms with Crippen LogP contribution in [0.1, 0.15) is 97.6 Å². The summed E-state index contributed by atoms with van der Waals surface area (Å²) in [6, 6.07) is -1.40. The molecule has 5 atom stereocenters.